The van der Waals surface area contributed by atoms with E-state index in [4.69, 9.17) is 9.15 Å². The van der Waals surface area contributed by atoms with E-state index in [1.54, 1.807) is 0 Å². The Kier molecular flexibility index (Phi) is 6.60. The fourth-order valence-corrected chi connectivity index (χ4v) is 2.51. The van der Waals surface area contributed by atoms with Crippen molar-refractivity contribution in [3.05, 3.63) is 59.5 Å². The minimum Gasteiger partial charge on any atom is -0.465 e. The maximum Gasteiger partial charge on any atom is 0.118 e. The Balaban J connectivity index is 1.98. The maximum atomic E-state index is 10.3. The highest BCUT2D eigenvalue weighted by molar-refractivity contribution is 5.15. The lowest BCUT2D eigenvalue weighted by Gasteiger charge is -2.27. The van der Waals surface area contributed by atoms with Crippen molar-refractivity contribution in [1.82, 2.24) is 4.90 Å². The van der Waals surface area contributed by atoms with Crippen molar-refractivity contribution >= 4 is 0 Å². The highest BCUT2D eigenvalue weighted by atomic mass is 16.5. The Labute approximate surface area is 145 Å². The van der Waals surface area contributed by atoms with Crippen LogP contribution in [0.3, 0.4) is 0 Å². The zero-order chi connectivity index (χ0) is 17.6. The standard InChI is InChI=1S/C20H29NO3/c1-16-10-11-19(24-16)14-21(12-17-8-6-5-7-9-17)13-18(22)15-23-20(2,3)4/h5-11,18,22H,12-15H2,1-4H3/t18-/m0/s1. The van der Waals surface area contributed by atoms with E-state index in [2.05, 4.69) is 17.0 Å². The van der Waals surface area contributed by atoms with E-state index in [9.17, 15) is 5.11 Å². The van der Waals surface area contributed by atoms with Crippen LogP contribution in [-0.2, 0) is 17.8 Å². The van der Waals surface area contributed by atoms with Gasteiger partial charge in [-0.25, -0.2) is 0 Å². The Morgan fingerprint density at radius 3 is 2.38 bits per heavy atom. The first-order valence-electron chi connectivity index (χ1n) is 8.45. The zero-order valence-corrected chi connectivity index (χ0v) is 15.2. The van der Waals surface area contributed by atoms with E-state index in [0.717, 1.165) is 18.1 Å². The second-order valence-corrected chi connectivity index (χ2v) is 7.24. The highest BCUT2D eigenvalue weighted by Crippen LogP contribution is 2.14. The zero-order valence-electron chi connectivity index (χ0n) is 15.2. The number of aliphatic hydroxyl groups excluding tert-OH is 1. The lowest BCUT2D eigenvalue weighted by Crippen LogP contribution is -2.36. The molecule has 0 fully saturated rings. The average molecular weight is 331 g/mol. The smallest absolute Gasteiger partial charge is 0.118 e. The van der Waals surface area contributed by atoms with E-state index in [-0.39, 0.29) is 5.60 Å². The molecule has 0 aliphatic rings. The number of furan rings is 1. The van der Waals surface area contributed by atoms with Crippen LogP contribution in [-0.4, -0.2) is 34.9 Å². The van der Waals surface area contributed by atoms with Crippen LogP contribution in [0.4, 0.5) is 0 Å². The van der Waals surface area contributed by atoms with Crippen molar-refractivity contribution < 1.29 is 14.3 Å². The number of ether oxygens (including phenoxy) is 1. The first kappa shape index (κ1) is 18.7. The number of benzene rings is 1. The molecule has 132 valence electrons. The number of rotatable bonds is 8. The second-order valence-electron chi connectivity index (χ2n) is 7.24. The molecule has 2 rings (SSSR count). The van der Waals surface area contributed by atoms with Gasteiger partial charge in [-0.2, -0.15) is 0 Å². The molecule has 0 unspecified atom stereocenters. The topological polar surface area (TPSA) is 45.8 Å². The summed E-state index contributed by atoms with van der Waals surface area (Å²) in [5.41, 5.74) is 0.966. The van der Waals surface area contributed by atoms with Crippen LogP contribution >= 0.6 is 0 Å². The van der Waals surface area contributed by atoms with Crippen LogP contribution in [0.15, 0.2) is 46.9 Å². The maximum absolute atomic E-state index is 10.3. The molecule has 1 aromatic heterocycles. The molecular weight excluding hydrogens is 302 g/mol. The fourth-order valence-electron chi connectivity index (χ4n) is 2.51. The van der Waals surface area contributed by atoms with E-state index in [1.807, 2.05) is 58.0 Å². The van der Waals surface area contributed by atoms with E-state index in [1.165, 1.54) is 5.56 Å². The summed E-state index contributed by atoms with van der Waals surface area (Å²) < 4.78 is 11.4. The molecule has 4 nitrogen and oxygen atoms in total. The molecule has 1 N–H and O–H groups in total. The minimum absolute atomic E-state index is 0.247. The molecule has 4 heteroatoms. The van der Waals surface area contributed by atoms with Crippen molar-refractivity contribution in [2.75, 3.05) is 13.2 Å². The number of nitrogens with zero attached hydrogens (tertiary/aromatic N) is 1. The number of aryl methyl sites for hydroxylation is 1. The first-order valence-corrected chi connectivity index (χ1v) is 8.45. The minimum atomic E-state index is -0.538. The van der Waals surface area contributed by atoms with Gasteiger partial charge in [-0.05, 0) is 45.4 Å². The molecule has 0 saturated heterocycles. The van der Waals surface area contributed by atoms with Gasteiger partial charge in [0, 0.05) is 13.1 Å². The van der Waals surface area contributed by atoms with E-state index in [0.29, 0.717) is 19.7 Å². The molecule has 0 aliphatic heterocycles. The molecule has 1 aromatic carbocycles. The second kappa shape index (κ2) is 8.47. The number of aliphatic hydroxyl groups is 1. The predicted molar refractivity (Wildman–Crippen MR) is 95.7 cm³/mol. The fraction of sp³-hybridized carbons (Fsp3) is 0.500. The largest absolute Gasteiger partial charge is 0.465 e. The van der Waals surface area contributed by atoms with E-state index < -0.39 is 6.10 Å². The van der Waals surface area contributed by atoms with Gasteiger partial charge in [-0.1, -0.05) is 30.3 Å². The van der Waals surface area contributed by atoms with Gasteiger partial charge < -0.3 is 14.3 Å². The lowest BCUT2D eigenvalue weighted by molar-refractivity contribution is -0.0576. The Morgan fingerprint density at radius 1 is 1.08 bits per heavy atom. The summed E-state index contributed by atoms with van der Waals surface area (Å²) in [6, 6.07) is 14.2. The lowest BCUT2D eigenvalue weighted by atomic mass is 10.2. The average Bonchev–Trinajstić information content (AvgIpc) is 2.90. The summed E-state index contributed by atoms with van der Waals surface area (Å²) in [6.07, 6.45) is -0.538. The molecule has 0 amide bonds. The molecule has 1 atom stereocenters. The Bertz CT molecular complexity index is 601. The first-order chi connectivity index (χ1) is 11.3. The van der Waals surface area contributed by atoms with Crippen molar-refractivity contribution in [3.63, 3.8) is 0 Å². The summed E-state index contributed by atoms with van der Waals surface area (Å²) in [7, 11) is 0. The normalized spacial score (nSPS) is 13.4. The van der Waals surface area contributed by atoms with Crippen molar-refractivity contribution in [1.29, 1.82) is 0 Å². The molecule has 1 heterocycles. The van der Waals surface area contributed by atoms with Gasteiger partial charge in [0.1, 0.15) is 11.5 Å². The van der Waals surface area contributed by atoms with Crippen molar-refractivity contribution in [3.8, 4) is 0 Å². The van der Waals surface area contributed by atoms with E-state index >= 15 is 0 Å². The van der Waals surface area contributed by atoms with Gasteiger partial charge in [0.05, 0.1) is 24.9 Å². The monoisotopic (exact) mass is 331 g/mol. The molecule has 2 aromatic rings. The van der Waals surface area contributed by atoms with Crippen molar-refractivity contribution in [2.24, 2.45) is 0 Å². The Morgan fingerprint density at radius 2 is 1.79 bits per heavy atom. The van der Waals surface area contributed by atoms with Gasteiger partial charge in [-0.3, -0.25) is 4.90 Å². The molecule has 24 heavy (non-hydrogen) atoms. The highest BCUT2D eigenvalue weighted by Gasteiger charge is 2.18. The van der Waals surface area contributed by atoms with Crippen LogP contribution in [0.5, 0.6) is 0 Å². The van der Waals surface area contributed by atoms with Gasteiger partial charge in [0.15, 0.2) is 0 Å². The molecule has 0 bridgehead atoms. The van der Waals surface area contributed by atoms with Crippen LogP contribution in [0.25, 0.3) is 0 Å². The third-order valence-corrected chi connectivity index (χ3v) is 3.60. The van der Waals surface area contributed by atoms with Gasteiger partial charge in [-0.15, -0.1) is 0 Å². The summed E-state index contributed by atoms with van der Waals surface area (Å²) in [5, 5.41) is 10.3. The van der Waals surface area contributed by atoms with Crippen LogP contribution in [0.2, 0.25) is 0 Å². The summed E-state index contributed by atoms with van der Waals surface area (Å²) in [6.45, 7) is 10.2. The quantitative estimate of drug-likeness (QED) is 0.800. The van der Waals surface area contributed by atoms with Crippen LogP contribution < -0.4 is 0 Å². The molecule has 0 spiro atoms. The third kappa shape index (κ3) is 6.87. The summed E-state index contributed by atoms with van der Waals surface area (Å²) >= 11 is 0. The van der Waals surface area contributed by atoms with Gasteiger partial charge in [0.2, 0.25) is 0 Å². The van der Waals surface area contributed by atoms with Crippen LogP contribution in [0.1, 0.15) is 37.9 Å². The molecule has 0 saturated carbocycles. The van der Waals surface area contributed by atoms with Gasteiger partial charge >= 0.3 is 0 Å². The van der Waals surface area contributed by atoms with Gasteiger partial charge in [0.25, 0.3) is 0 Å². The third-order valence-electron chi connectivity index (χ3n) is 3.60. The molecule has 0 radical (unpaired) electrons. The SMILES string of the molecule is Cc1ccc(CN(Cc2ccccc2)C[C@H](O)COC(C)(C)C)o1. The molecular formula is C20H29NO3. The predicted octanol–water partition coefficient (Wildman–Crippen LogP) is 3.77. The molecule has 0 aliphatic carbocycles. The summed E-state index contributed by atoms with van der Waals surface area (Å²) in [4.78, 5) is 2.18. The summed E-state index contributed by atoms with van der Waals surface area (Å²) in [5.74, 6) is 1.81. The number of hydrogen-bond acceptors (Lipinski definition) is 4. The Hall–Kier alpha value is -1.62. The van der Waals surface area contributed by atoms with Crippen LogP contribution in [0, 0.1) is 6.92 Å². The van der Waals surface area contributed by atoms with Crippen molar-refractivity contribution in [2.45, 2.75) is 52.5 Å². The number of hydrogen-bond donors (Lipinski definition) is 1.